The number of rotatable bonds is 3. The summed E-state index contributed by atoms with van der Waals surface area (Å²) in [5.41, 5.74) is 2.22. The second kappa shape index (κ2) is 4.21. The zero-order chi connectivity index (χ0) is 11.8. The maximum Gasteiger partial charge on any atom is 0.0693 e. The summed E-state index contributed by atoms with van der Waals surface area (Å²) in [6.07, 6.45) is 2.73. The van der Waals surface area contributed by atoms with E-state index in [0.29, 0.717) is 11.8 Å². The van der Waals surface area contributed by atoms with Crippen LogP contribution in [-0.4, -0.2) is 10.7 Å². The van der Waals surface area contributed by atoms with Crippen molar-refractivity contribution in [1.29, 1.82) is 0 Å². The molecule has 0 atom stereocenters. The van der Waals surface area contributed by atoms with Crippen LogP contribution in [0.1, 0.15) is 50.7 Å². The fourth-order valence-corrected chi connectivity index (χ4v) is 2.78. The van der Waals surface area contributed by atoms with Crippen LogP contribution in [0.3, 0.4) is 0 Å². The molecule has 1 aliphatic carbocycles. The Kier molecular flexibility index (Phi) is 3.07. The van der Waals surface area contributed by atoms with E-state index >= 15 is 0 Å². The molecule has 1 aromatic carbocycles. The molecule has 0 unspecified atom stereocenters. The van der Waals surface area contributed by atoms with Crippen molar-refractivity contribution < 1.29 is 5.11 Å². The highest BCUT2D eigenvalue weighted by molar-refractivity contribution is 5.26. The summed E-state index contributed by atoms with van der Waals surface area (Å²) in [6, 6.07) is 8.70. The lowest BCUT2D eigenvalue weighted by molar-refractivity contribution is -0.0665. The molecule has 88 valence electrons. The predicted molar refractivity (Wildman–Crippen MR) is 67.6 cm³/mol. The van der Waals surface area contributed by atoms with Crippen molar-refractivity contribution in [2.24, 2.45) is 5.92 Å². The Morgan fingerprint density at radius 1 is 1.25 bits per heavy atom. The van der Waals surface area contributed by atoms with Crippen LogP contribution in [0.25, 0.3) is 0 Å². The van der Waals surface area contributed by atoms with Crippen molar-refractivity contribution in [2.45, 2.75) is 51.6 Å². The number of hydrogen-bond donors (Lipinski definition) is 1. The third-order valence-corrected chi connectivity index (χ3v) is 3.64. The molecule has 0 aliphatic heterocycles. The smallest absolute Gasteiger partial charge is 0.0693 e. The molecule has 1 aliphatic rings. The van der Waals surface area contributed by atoms with Gasteiger partial charge in [0.1, 0.15) is 0 Å². The lowest BCUT2D eigenvalue weighted by Gasteiger charge is -2.42. The Balaban J connectivity index is 2.00. The van der Waals surface area contributed by atoms with Gasteiger partial charge in [-0.3, -0.25) is 0 Å². The van der Waals surface area contributed by atoms with Crippen molar-refractivity contribution in [3.05, 3.63) is 35.4 Å². The molecular weight excluding hydrogens is 196 g/mol. The van der Waals surface area contributed by atoms with Gasteiger partial charge in [-0.25, -0.2) is 0 Å². The molecule has 0 saturated heterocycles. The summed E-state index contributed by atoms with van der Waals surface area (Å²) >= 11 is 0. The summed E-state index contributed by atoms with van der Waals surface area (Å²) in [4.78, 5) is 0. The average molecular weight is 218 g/mol. The van der Waals surface area contributed by atoms with E-state index < -0.39 is 5.60 Å². The predicted octanol–water partition coefficient (Wildman–Crippen LogP) is 3.51. The van der Waals surface area contributed by atoms with Gasteiger partial charge in [0, 0.05) is 6.42 Å². The van der Waals surface area contributed by atoms with Crippen LogP contribution >= 0.6 is 0 Å². The second-order valence-electron chi connectivity index (χ2n) is 5.81. The monoisotopic (exact) mass is 218 g/mol. The van der Waals surface area contributed by atoms with E-state index in [-0.39, 0.29) is 0 Å². The molecule has 0 spiro atoms. The molecule has 0 heterocycles. The van der Waals surface area contributed by atoms with Gasteiger partial charge in [-0.2, -0.15) is 0 Å². The number of aliphatic hydroxyl groups is 1. The molecule has 1 aromatic rings. The fourth-order valence-electron chi connectivity index (χ4n) is 2.78. The van der Waals surface area contributed by atoms with Crippen molar-refractivity contribution in [3.8, 4) is 0 Å². The van der Waals surface area contributed by atoms with Gasteiger partial charge in [0.25, 0.3) is 0 Å². The highest BCUT2D eigenvalue weighted by Crippen LogP contribution is 2.39. The largest absolute Gasteiger partial charge is 0.390 e. The quantitative estimate of drug-likeness (QED) is 0.823. The highest BCUT2D eigenvalue weighted by atomic mass is 16.3. The SMILES string of the molecule is CC1CC(O)(Cc2ccc(C(C)C)cc2)C1. The minimum atomic E-state index is -0.418. The Labute approximate surface area is 98.5 Å². The van der Waals surface area contributed by atoms with Crippen LogP contribution < -0.4 is 0 Å². The lowest BCUT2D eigenvalue weighted by Crippen LogP contribution is -2.44. The molecule has 0 radical (unpaired) electrons. The van der Waals surface area contributed by atoms with Crippen LogP contribution in [0.2, 0.25) is 0 Å². The topological polar surface area (TPSA) is 20.2 Å². The van der Waals surface area contributed by atoms with E-state index in [0.717, 1.165) is 19.3 Å². The Hall–Kier alpha value is -0.820. The highest BCUT2D eigenvalue weighted by Gasteiger charge is 2.39. The van der Waals surface area contributed by atoms with Crippen molar-refractivity contribution in [1.82, 2.24) is 0 Å². The van der Waals surface area contributed by atoms with E-state index in [4.69, 9.17) is 0 Å². The van der Waals surface area contributed by atoms with Crippen LogP contribution in [-0.2, 0) is 6.42 Å². The molecule has 0 amide bonds. The number of hydrogen-bond acceptors (Lipinski definition) is 1. The third-order valence-electron chi connectivity index (χ3n) is 3.64. The van der Waals surface area contributed by atoms with Gasteiger partial charge < -0.3 is 5.11 Å². The van der Waals surface area contributed by atoms with E-state index in [1.54, 1.807) is 0 Å². The Morgan fingerprint density at radius 2 is 1.81 bits per heavy atom. The summed E-state index contributed by atoms with van der Waals surface area (Å²) in [5, 5.41) is 10.2. The molecule has 1 heteroatoms. The summed E-state index contributed by atoms with van der Waals surface area (Å²) in [7, 11) is 0. The molecule has 0 aromatic heterocycles. The first-order valence-electron chi connectivity index (χ1n) is 6.30. The Bertz CT molecular complexity index is 344. The summed E-state index contributed by atoms with van der Waals surface area (Å²) in [5.74, 6) is 1.28. The first-order chi connectivity index (χ1) is 7.48. The number of benzene rings is 1. The van der Waals surface area contributed by atoms with Crippen molar-refractivity contribution >= 4 is 0 Å². The van der Waals surface area contributed by atoms with Gasteiger partial charge >= 0.3 is 0 Å². The van der Waals surface area contributed by atoms with Gasteiger partial charge in [-0.05, 0) is 35.8 Å². The van der Waals surface area contributed by atoms with Gasteiger partial charge in [-0.1, -0.05) is 45.0 Å². The first-order valence-corrected chi connectivity index (χ1v) is 6.30. The van der Waals surface area contributed by atoms with Crippen LogP contribution in [0.15, 0.2) is 24.3 Å². The van der Waals surface area contributed by atoms with Gasteiger partial charge in [0.2, 0.25) is 0 Å². The van der Waals surface area contributed by atoms with Crippen molar-refractivity contribution in [3.63, 3.8) is 0 Å². The zero-order valence-corrected chi connectivity index (χ0v) is 10.5. The maximum absolute atomic E-state index is 10.2. The first kappa shape index (κ1) is 11.7. The van der Waals surface area contributed by atoms with Crippen molar-refractivity contribution in [2.75, 3.05) is 0 Å². The Morgan fingerprint density at radius 3 is 2.25 bits per heavy atom. The van der Waals surface area contributed by atoms with E-state index in [9.17, 15) is 5.11 Å². The normalized spacial score (nSPS) is 29.2. The minimum absolute atomic E-state index is 0.418. The van der Waals surface area contributed by atoms with Crippen LogP contribution in [0, 0.1) is 5.92 Å². The van der Waals surface area contributed by atoms with E-state index in [2.05, 4.69) is 45.0 Å². The zero-order valence-electron chi connectivity index (χ0n) is 10.5. The average Bonchev–Trinajstić information content (AvgIpc) is 2.16. The molecule has 0 bridgehead atoms. The van der Waals surface area contributed by atoms with Gasteiger partial charge in [0.05, 0.1) is 5.60 Å². The maximum atomic E-state index is 10.2. The molecular formula is C15H22O. The van der Waals surface area contributed by atoms with E-state index in [1.807, 2.05) is 0 Å². The third kappa shape index (κ3) is 2.46. The van der Waals surface area contributed by atoms with Crippen LogP contribution in [0.4, 0.5) is 0 Å². The second-order valence-corrected chi connectivity index (χ2v) is 5.81. The van der Waals surface area contributed by atoms with E-state index in [1.165, 1.54) is 11.1 Å². The van der Waals surface area contributed by atoms with Crippen LogP contribution in [0.5, 0.6) is 0 Å². The lowest BCUT2D eigenvalue weighted by atomic mass is 9.69. The molecule has 1 nitrogen and oxygen atoms in total. The summed E-state index contributed by atoms with van der Waals surface area (Å²) < 4.78 is 0. The fraction of sp³-hybridized carbons (Fsp3) is 0.600. The summed E-state index contributed by atoms with van der Waals surface area (Å²) in [6.45, 7) is 6.61. The van der Waals surface area contributed by atoms with Gasteiger partial charge in [-0.15, -0.1) is 0 Å². The minimum Gasteiger partial charge on any atom is -0.390 e. The molecule has 1 fully saturated rings. The molecule has 16 heavy (non-hydrogen) atoms. The molecule has 1 saturated carbocycles. The molecule has 2 rings (SSSR count). The standard InChI is InChI=1S/C15H22O/c1-11(2)14-6-4-13(5-7-14)10-15(16)8-12(3)9-15/h4-7,11-12,16H,8-10H2,1-3H3. The molecule has 1 N–H and O–H groups in total. The van der Waals surface area contributed by atoms with Gasteiger partial charge in [0.15, 0.2) is 0 Å².